The Balaban J connectivity index is 1.82. The number of carbonyl (C=O) groups excluding carboxylic acids is 1. The van der Waals surface area contributed by atoms with E-state index < -0.39 is 0 Å². The Kier molecular flexibility index (Phi) is 7.04. The molecule has 4 nitrogen and oxygen atoms in total. The molecular formula is C19H20O4. The average molecular weight is 312 g/mol. The molecule has 2 aromatic carbocycles. The smallest absolute Gasteiger partial charge is 0.189 e. The minimum Gasteiger partial charge on any atom is -0.468 e. The van der Waals surface area contributed by atoms with Gasteiger partial charge in [0.05, 0.1) is 13.2 Å². The molecule has 120 valence electrons. The van der Waals surface area contributed by atoms with E-state index in [4.69, 9.17) is 14.2 Å². The molecule has 0 fully saturated rings. The minimum absolute atomic E-state index is 0.0162. The van der Waals surface area contributed by atoms with Crippen LogP contribution >= 0.6 is 0 Å². The van der Waals surface area contributed by atoms with Crippen molar-refractivity contribution in [3.05, 3.63) is 71.8 Å². The van der Waals surface area contributed by atoms with Crippen LogP contribution in [0, 0.1) is 0 Å². The van der Waals surface area contributed by atoms with E-state index in [9.17, 15) is 4.79 Å². The van der Waals surface area contributed by atoms with E-state index in [0.29, 0.717) is 24.5 Å². The number of allylic oxidation sites excluding steroid dienone is 1. The molecule has 0 N–H and O–H groups in total. The molecule has 0 saturated carbocycles. The van der Waals surface area contributed by atoms with Crippen molar-refractivity contribution in [1.29, 1.82) is 0 Å². The SMILES string of the molecule is COCCOCOc1ccc(C=CC(=O)c2ccccc2)cc1. The second-order valence-corrected chi connectivity index (χ2v) is 4.80. The largest absolute Gasteiger partial charge is 0.468 e. The summed E-state index contributed by atoms with van der Waals surface area (Å²) >= 11 is 0. The van der Waals surface area contributed by atoms with Crippen molar-refractivity contribution in [3.8, 4) is 5.75 Å². The molecule has 0 aromatic heterocycles. The van der Waals surface area contributed by atoms with Gasteiger partial charge in [0.1, 0.15) is 5.75 Å². The normalized spacial score (nSPS) is 10.8. The maximum absolute atomic E-state index is 12.0. The summed E-state index contributed by atoms with van der Waals surface area (Å²) in [5.41, 5.74) is 1.61. The number of carbonyl (C=O) groups is 1. The van der Waals surface area contributed by atoms with Gasteiger partial charge < -0.3 is 14.2 Å². The molecule has 0 aliphatic rings. The first kappa shape index (κ1) is 16.9. The van der Waals surface area contributed by atoms with Crippen LogP contribution in [0.25, 0.3) is 6.08 Å². The van der Waals surface area contributed by atoms with Gasteiger partial charge in [-0.15, -0.1) is 0 Å². The van der Waals surface area contributed by atoms with Crippen molar-refractivity contribution >= 4 is 11.9 Å². The molecule has 4 heteroatoms. The predicted molar refractivity (Wildman–Crippen MR) is 89.6 cm³/mol. The lowest BCUT2D eigenvalue weighted by Gasteiger charge is -2.06. The second kappa shape index (κ2) is 9.56. The highest BCUT2D eigenvalue weighted by Gasteiger charge is 1.99. The standard InChI is InChI=1S/C19H20O4/c1-21-13-14-22-15-23-18-10-7-16(8-11-18)9-12-19(20)17-5-3-2-4-6-17/h2-12H,13-15H2,1H3. The van der Waals surface area contributed by atoms with Gasteiger partial charge in [0.2, 0.25) is 0 Å². The highest BCUT2D eigenvalue weighted by atomic mass is 16.7. The molecule has 0 radical (unpaired) electrons. The number of rotatable bonds is 9. The van der Waals surface area contributed by atoms with Gasteiger partial charge in [-0.2, -0.15) is 0 Å². The van der Waals surface area contributed by atoms with Crippen molar-refractivity contribution < 1.29 is 19.0 Å². The summed E-state index contributed by atoms with van der Waals surface area (Å²) in [5, 5.41) is 0. The van der Waals surface area contributed by atoms with Crippen LogP contribution in [-0.2, 0) is 9.47 Å². The number of hydrogen-bond donors (Lipinski definition) is 0. The topological polar surface area (TPSA) is 44.8 Å². The quantitative estimate of drug-likeness (QED) is 0.307. The van der Waals surface area contributed by atoms with Crippen LogP contribution in [0.5, 0.6) is 5.75 Å². The zero-order chi connectivity index (χ0) is 16.3. The van der Waals surface area contributed by atoms with Gasteiger partial charge in [-0.05, 0) is 23.8 Å². The number of ether oxygens (including phenoxy) is 3. The number of methoxy groups -OCH3 is 1. The van der Waals surface area contributed by atoms with Crippen molar-refractivity contribution in [2.24, 2.45) is 0 Å². The number of hydrogen-bond acceptors (Lipinski definition) is 4. The van der Waals surface area contributed by atoms with E-state index in [2.05, 4.69) is 0 Å². The minimum atomic E-state index is -0.0162. The third kappa shape index (κ3) is 6.06. The molecule has 0 bridgehead atoms. The first-order chi connectivity index (χ1) is 11.3. The summed E-state index contributed by atoms with van der Waals surface area (Å²) < 4.78 is 15.5. The average Bonchev–Trinajstić information content (AvgIpc) is 2.61. The molecular weight excluding hydrogens is 292 g/mol. The fourth-order valence-electron chi connectivity index (χ4n) is 1.86. The molecule has 0 aliphatic carbocycles. The third-order valence-electron chi connectivity index (χ3n) is 3.11. The molecule has 0 aliphatic heterocycles. The van der Waals surface area contributed by atoms with E-state index in [1.807, 2.05) is 42.5 Å². The van der Waals surface area contributed by atoms with Crippen LogP contribution < -0.4 is 4.74 Å². The Hall–Kier alpha value is -2.43. The zero-order valence-electron chi connectivity index (χ0n) is 13.1. The fraction of sp³-hybridized carbons (Fsp3) is 0.211. The van der Waals surface area contributed by atoms with Crippen LogP contribution in [0.1, 0.15) is 15.9 Å². The maximum Gasteiger partial charge on any atom is 0.189 e. The van der Waals surface area contributed by atoms with E-state index >= 15 is 0 Å². The van der Waals surface area contributed by atoms with Crippen LogP contribution in [0.4, 0.5) is 0 Å². The molecule has 2 rings (SSSR count). The highest BCUT2D eigenvalue weighted by Crippen LogP contribution is 2.13. The third-order valence-corrected chi connectivity index (χ3v) is 3.11. The van der Waals surface area contributed by atoms with Gasteiger partial charge >= 0.3 is 0 Å². The fourth-order valence-corrected chi connectivity index (χ4v) is 1.86. The Morgan fingerprint density at radius 2 is 1.74 bits per heavy atom. The summed E-state index contributed by atoms with van der Waals surface area (Å²) in [6.45, 7) is 1.23. The number of benzene rings is 2. The van der Waals surface area contributed by atoms with Crippen molar-refractivity contribution in [1.82, 2.24) is 0 Å². The molecule has 23 heavy (non-hydrogen) atoms. The van der Waals surface area contributed by atoms with E-state index in [-0.39, 0.29) is 12.6 Å². The van der Waals surface area contributed by atoms with Gasteiger partial charge in [0.25, 0.3) is 0 Å². The molecule has 0 heterocycles. The van der Waals surface area contributed by atoms with Gasteiger partial charge in [-0.25, -0.2) is 0 Å². The van der Waals surface area contributed by atoms with Gasteiger partial charge in [0.15, 0.2) is 12.6 Å². The predicted octanol–water partition coefficient (Wildman–Crippen LogP) is 3.58. The van der Waals surface area contributed by atoms with Crippen LogP contribution in [0.15, 0.2) is 60.7 Å². The van der Waals surface area contributed by atoms with Crippen molar-refractivity contribution in [2.75, 3.05) is 27.1 Å². The Morgan fingerprint density at radius 3 is 2.43 bits per heavy atom. The van der Waals surface area contributed by atoms with Gasteiger partial charge in [-0.3, -0.25) is 4.79 Å². The molecule has 0 unspecified atom stereocenters. The lowest BCUT2D eigenvalue weighted by atomic mass is 10.1. The van der Waals surface area contributed by atoms with E-state index in [1.54, 1.807) is 31.4 Å². The van der Waals surface area contributed by atoms with Crippen LogP contribution in [0.2, 0.25) is 0 Å². The van der Waals surface area contributed by atoms with Crippen LogP contribution in [-0.4, -0.2) is 32.9 Å². The van der Waals surface area contributed by atoms with Gasteiger partial charge in [0, 0.05) is 12.7 Å². The summed E-state index contributed by atoms with van der Waals surface area (Å²) in [7, 11) is 1.62. The second-order valence-electron chi connectivity index (χ2n) is 4.80. The van der Waals surface area contributed by atoms with E-state index in [0.717, 1.165) is 5.56 Å². The lowest BCUT2D eigenvalue weighted by Crippen LogP contribution is -2.07. The Labute approximate surface area is 136 Å². The summed E-state index contributed by atoms with van der Waals surface area (Å²) in [4.78, 5) is 12.0. The zero-order valence-corrected chi connectivity index (χ0v) is 13.1. The summed E-state index contributed by atoms with van der Waals surface area (Å²) in [6, 6.07) is 16.6. The maximum atomic E-state index is 12.0. The summed E-state index contributed by atoms with van der Waals surface area (Å²) in [6.07, 6.45) is 3.35. The van der Waals surface area contributed by atoms with Crippen molar-refractivity contribution in [3.63, 3.8) is 0 Å². The van der Waals surface area contributed by atoms with E-state index in [1.165, 1.54) is 0 Å². The van der Waals surface area contributed by atoms with Crippen molar-refractivity contribution in [2.45, 2.75) is 0 Å². The Bertz CT molecular complexity index is 618. The number of ketones is 1. The molecule has 2 aromatic rings. The highest BCUT2D eigenvalue weighted by molar-refractivity contribution is 6.06. The van der Waals surface area contributed by atoms with Gasteiger partial charge in [-0.1, -0.05) is 48.5 Å². The molecule has 0 atom stereocenters. The summed E-state index contributed by atoms with van der Waals surface area (Å²) in [5.74, 6) is 0.700. The Morgan fingerprint density at radius 1 is 1.00 bits per heavy atom. The lowest BCUT2D eigenvalue weighted by molar-refractivity contribution is -0.00847. The van der Waals surface area contributed by atoms with Crippen LogP contribution in [0.3, 0.4) is 0 Å². The first-order valence-corrected chi connectivity index (χ1v) is 7.36. The first-order valence-electron chi connectivity index (χ1n) is 7.36. The molecule has 0 saturated heterocycles. The molecule has 0 amide bonds. The monoisotopic (exact) mass is 312 g/mol. The molecule has 0 spiro atoms.